The minimum Gasteiger partial charge on any atom is -0.356 e. The molecule has 0 radical (unpaired) electrons. The highest BCUT2D eigenvalue weighted by Crippen LogP contribution is 1.77. The number of rotatable bonds is 2. The normalized spacial score (nSPS) is 9.75. The third kappa shape index (κ3) is 3.40. The van der Waals surface area contributed by atoms with Gasteiger partial charge < -0.3 is 5.32 Å². The van der Waals surface area contributed by atoms with Gasteiger partial charge in [0.25, 0.3) is 0 Å². The Kier molecular flexibility index (Phi) is 3.94. The van der Waals surface area contributed by atoms with E-state index >= 15 is 0 Å². The third-order valence-corrected chi connectivity index (χ3v) is 0.751. The summed E-state index contributed by atoms with van der Waals surface area (Å²) in [6.07, 6.45) is 4.26. The molecule has 0 saturated carbocycles. The van der Waals surface area contributed by atoms with Crippen LogP contribution in [0.5, 0.6) is 0 Å². The topological polar surface area (TPSA) is 29.1 Å². The molecule has 0 bridgehead atoms. The second kappa shape index (κ2) is 4.37. The molecule has 2 nitrogen and oxygen atoms in total. The summed E-state index contributed by atoms with van der Waals surface area (Å²) < 4.78 is 0. The van der Waals surface area contributed by atoms with E-state index in [2.05, 4.69) is 5.32 Å². The van der Waals surface area contributed by atoms with Gasteiger partial charge in [-0.3, -0.25) is 4.79 Å². The molecule has 8 heavy (non-hydrogen) atoms. The number of carbonyl (C=O) groups is 1. The number of hydrogen-bond donors (Lipinski definition) is 1. The second-order valence-electron chi connectivity index (χ2n) is 1.42. The van der Waals surface area contributed by atoms with Crippen LogP contribution in [-0.4, -0.2) is 13.0 Å². The smallest absolute Gasteiger partial charge is 0.243 e. The first-order chi connectivity index (χ1) is 3.81. The standard InChI is InChI=1S/C6H11NO/c1-3-4-5-6(8)7-2/h4-5H,3H2,1-2H3,(H,7,8)/b5-4-. The first-order valence-electron chi connectivity index (χ1n) is 2.69. The van der Waals surface area contributed by atoms with E-state index in [9.17, 15) is 4.79 Å². The maximum Gasteiger partial charge on any atom is 0.243 e. The molecule has 46 valence electrons. The lowest BCUT2D eigenvalue weighted by molar-refractivity contribution is -0.116. The Morgan fingerprint density at radius 3 is 2.75 bits per heavy atom. The number of nitrogens with one attached hydrogen (secondary N) is 1. The molecular formula is C6H11NO. The lowest BCUT2D eigenvalue weighted by Crippen LogP contribution is -2.13. The van der Waals surface area contributed by atoms with Gasteiger partial charge in [0.1, 0.15) is 0 Å². The van der Waals surface area contributed by atoms with Crippen LogP contribution in [0.15, 0.2) is 12.2 Å². The second-order valence-corrected chi connectivity index (χ2v) is 1.42. The highest BCUT2D eigenvalue weighted by atomic mass is 16.1. The lowest BCUT2D eigenvalue weighted by atomic mass is 10.4. The predicted octanol–water partition coefficient (Wildman–Crippen LogP) is 0.699. The van der Waals surface area contributed by atoms with Gasteiger partial charge in [0, 0.05) is 7.05 Å². The summed E-state index contributed by atoms with van der Waals surface area (Å²) in [4.78, 5) is 10.4. The quantitative estimate of drug-likeness (QED) is 0.525. The summed E-state index contributed by atoms with van der Waals surface area (Å²) in [5.74, 6) is -0.0353. The van der Waals surface area contributed by atoms with Gasteiger partial charge in [-0.2, -0.15) is 0 Å². The van der Waals surface area contributed by atoms with Crippen molar-refractivity contribution in [1.29, 1.82) is 0 Å². The molecule has 0 aromatic heterocycles. The highest BCUT2D eigenvalue weighted by Gasteiger charge is 1.82. The van der Waals surface area contributed by atoms with E-state index in [-0.39, 0.29) is 5.91 Å². The summed E-state index contributed by atoms with van der Waals surface area (Å²) in [5, 5.41) is 2.47. The molecular weight excluding hydrogens is 102 g/mol. The third-order valence-electron chi connectivity index (χ3n) is 0.751. The molecule has 0 unspecified atom stereocenters. The lowest BCUT2D eigenvalue weighted by Gasteiger charge is -1.85. The van der Waals surface area contributed by atoms with Crippen LogP contribution in [-0.2, 0) is 4.79 Å². The number of allylic oxidation sites excluding steroid dienone is 1. The van der Waals surface area contributed by atoms with E-state index in [1.807, 2.05) is 13.0 Å². The average molecular weight is 113 g/mol. The van der Waals surface area contributed by atoms with Crippen LogP contribution in [0.2, 0.25) is 0 Å². The van der Waals surface area contributed by atoms with Gasteiger partial charge in [-0.15, -0.1) is 0 Å². The van der Waals surface area contributed by atoms with Gasteiger partial charge in [-0.1, -0.05) is 13.0 Å². The number of hydrogen-bond acceptors (Lipinski definition) is 1. The molecule has 0 aliphatic heterocycles. The van der Waals surface area contributed by atoms with E-state index in [1.165, 1.54) is 6.08 Å². The molecule has 0 heterocycles. The van der Waals surface area contributed by atoms with Crippen LogP contribution in [0.25, 0.3) is 0 Å². The fourth-order valence-electron chi connectivity index (χ4n) is 0.308. The van der Waals surface area contributed by atoms with E-state index in [0.29, 0.717) is 0 Å². The molecule has 1 amide bonds. The molecule has 0 aliphatic rings. The van der Waals surface area contributed by atoms with Crippen LogP contribution >= 0.6 is 0 Å². The maximum atomic E-state index is 10.4. The maximum absolute atomic E-state index is 10.4. The highest BCUT2D eigenvalue weighted by molar-refractivity contribution is 5.87. The van der Waals surface area contributed by atoms with E-state index in [0.717, 1.165) is 6.42 Å². The SMILES string of the molecule is CC/C=C\C(=O)NC. The van der Waals surface area contributed by atoms with Crippen molar-refractivity contribution in [1.82, 2.24) is 5.32 Å². The Bertz CT molecular complexity index is 96.7. The van der Waals surface area contributed by atoms with Crippen molar-refractivity contribution in [2.75, 3.05) is 7.05 Å². The largest absolute Gasteiger partial charge is 0.356 e. The summed E-state index contributed by atoms with van der Waals surface area (Å²) in [7, 11) is 1.61. The van der Waals surface area contributed by atoms with Crippen LogP contribution < -0.4 is 5.32 Å². The number of amides is 1. The summed E-state index contributed by atoms with van der Waals surface area (Å²) >= 11 is 0. The fourth-order valence-corrected chi connectivity index (χ4v) is 0.308. The van der Waals surface area contributed by atoms with Gasteiger partial charge in [0.2, 0.25) is 5.91 Å². The molecule has 0 fully saturated rings. The van der Waals surface area contributed by atoms with Crippen LogP contribution in [0.1, 0.15) is 13.3 Å². The Morgan fingerprint density at radius 2 is 2.38 bits per heavy atom. The molecule has 0 aliphatic carbocycles. The Hall–Kier alpha value is -0.790. The van der Waals surface area contributed by atoms with Gasteiger partial charge in [-0.05, 0) is 12.5 Å². The zero-order valence-corrected chi connectivity index (χ0v) is 5.27. The predicted molar refractivity (Wildman–Crippen MR) is 33.5 cm³/mol. The molecule has 0 aromatic rings. The fraction of sp³-hybridized carbons (Fsp3) is 0.500. The van der Waals surface area contributed by atoms with E-state index < -0.39 is 0 Å². The summed E-state index contributed by atoms with van der Waals surface area (Å²) in [6.45, 7) is 1.99. The van der Waals surface area contributed by atoms with Gasteiger partial charge in [-0.25, -0.2) is 0 Å². The Morgan fingerprint density at radius 1 is 1.75 bits per heavy atom. The zero-order valence-electron chi connectivity index (χ0n) is 5.27. The first kappa shape index (κ1) is 7.21. The average Bonchev–Trinajstić information content (AvgIpc) is 1.83. The number of carbonyl (C=O) groups excluding carboxylic acids is 1. The van der Waals surface area contributed by atoms with E-state index in [4.69, 9.17) is 0 Å². The molecule has 0 atom stereocenters. The van der Waals surface area contributed by atoms with Crippen molar-refractivity contribution in [3.8, 4) is 0 Å². The van der Waals surface area contributed by atoms with Crippen molar-refractivity contribution >= 4 is 5.91 Å². The van der Waals surface area contributed by atoms with Crippen LogP contribution in [0.3, 0.4) is 0 Å². The molecule has 0 aromatic carbocycles. The van der Waals surface area contributed by atoms with Gasteiger partial charge >= 0.3 is 0 Å². The minimum absolute atomic E-state index is 0.0353. The van der Waals surface area contributed by atoms with Gasteiger partial charge in [0.05, 0.1) is 0 Å². The Labute approximate surface area is 49.6 Å². The first-order valence-corrected chi connectivity index (χ1v) is 2.69. The number of likely N-dealkylation sites (N-methyl/N-ethyl adjacent to an activating group) is 1. The van der Waals surface area contributed by atoms with Crippen LogP contribution in [0, 0.1) is 0 Å². The summed E-state index contributed by atoms with van der Waals surface area (Å²) in [6, 6.07) is 0. The summed E-state index contributed by atoms with van der Waals surface area (Å²) in [5.41, 5.74) is 0. The van der Waals surface area contributed by atoms with Crippen molar-refractivity contribution in [2.45, 2.75) is 13.3 Å². The van der Waals surface area contributed by atoms with Gasteiger partial charge in [0.15, 0.2) is 0 Å². The van der Waals surface area contributed by atoms with Crippen molar-refractivity contribution in [3.63, 3.8) is 0 Å². The van der Waals surface area contributed by atoms with Crippen molar-refractivity contribution in [2.24, 2.45) is 0 Å². The van der Waals surface area contributed by atoms with Crippen molar-refractivity contribution in [3.05, 3.63) is 12.2 Å². The molecule has 0 spiro atoms. The molecule has 0 saturated heterocycles. The molecule has 1 N–H and O–H groups in total. The van der Waals surface area contributed by atoms with Crippen molar-refractivity contribution < 1.29 is 4.79 Å². The molecule has 0 rings (SSSR count). The van der Waals surface area contributed by atoms with Crippen LogP contribution in [0.4, 0.5) is 0 Å². The monoisotopic (exact) mass is 113 g/mol. The zero-order chi connectivity index (χ0) is 6.41. The Balaban J connectivity index is 3.37. The minimum atomic E-state index is -0.0353. The van der Waals surface area contributed by atoms with E-state index in [1.54, 1.807) is 7.05 Å². The molecule has 2 heteroatoms.